The summed E-state index contributed by atoms with van der Waals surface area (Å²) in [5, 5.41) is 9.35. The van der Waals surface area contributed by atoms with Crippen molar-refractivity contribution in [2.24, 2.45) is 7.05 Å². The predicted octanol–water partition coefficient (Wildman–Crippen LogP) is 2.61. The lowest BCUT2D eigenvalue weighted by atomic mass is 10.2. The van der Waals surface area contributed by atoms with Crippen molar-refractivity contribution in [3.05, 3.63) is 64.7 Å². The Kier molecular flexibility index (Phi) is 6.53. The lowest BCUT2D eigenvalue weighted by Crippen LogP contribution is -2.25. The topological polar surface area (TPSA) is 118 Å². The number of nitrogens with one attached hydrogen (secondary N) is 3. The number of rotatable bonds is 8. The quantitative estimate of drug-likeness (QED) is 0.457. The molecule has 0 fully saturated rings. The smallest absolute Gasteiger partial charge is 0.261 e. The van der Waals surface area contributed by atoms with Crippen molar-refractivity contribution in [1.82, 2.24) is 20.1 Å². The molecule has 1 aromatic heterocycles. The van der Waals surface area contributed by atoms with Crippen LogP contribution in [0.4, 0.5) is 5.69 Å². The summed E-state index contributed by atoms with van der Waals surface area (Å²) in [6.07, 6.45) is 0. The predicted molar refractivity (Wildman–Crippen MR) is 114 cm³/mol. The lowest BCUT2D eigenvalue weighted by molar-refractivity contribution is 0.0949. The Morgan fingerprint density at radius 3 is 2.60 bits per heavy atom. The highest BCUT2D eigenvalue weighted by Gasteiger charge is 2.17. The molecular weight excluding hydrogens is 426 g/mol. The number of H-pyrrole nitrogens is 1. The summed E-state index contributed by atoms with van der Waals surface area (Å²) < 4.78 is 35.3. The minimum Gasteiger partial charge on any atom is -0.494 e. The van der Waals surface area contributed by atoms with E-state index in [-0.39, 0.29) is 17.0 Å². The van der Waals surface area contributed by atoms with Crippen LogP contribution < -0.4 is 14.8 Å². The van der Waals surface area contributed by atoms with Gasteiger partial charge in [-0.25, -0.2) is 8.42 Å². The molecule has 11 heteroatoms. The zero-order chi connectivity index (χ0) is 21.7. The molecule has 3 rings (SSSR count). The van der Waals surface area contributed by atoms with Gasteiger partial charge >= 0.3 is 0 Å². The van der Waals surface area contributed by atoms with Gasteiger partial charge in [-0.3, -0.25) is 14.6 Å². The molecule has 0 aliphatic rings. The molecule has 0 saturated heterocycles. The van der Waals surface area contributed by atoms with E-state index in [0.717, 1.165) is 0 Å². The molecule has 1 heterocycles. The van der Waals surface area contributed by atoms with E-state index in [1.54, 1.807) is 35.9 Å². The fourth-order valence-corrected chi connectivity index (χ4v) is 3.86. The number of aromatic amines is 1. The van der Waals surface area contributed by atoms with Crippen LogP contribution in [-0.2, 0) is 23.6 Å². The number of ether oxygens (including phenoxy) is 1. The molecule has 2 aromatic carbocycles. The molecule has 0 saturated carbocycles. The Balaban J connectivity index is 1.72. The zero-order valence-electron chi connectivity index (χ0n) is 16.4. The van der Waals surface area contributed by atoms with Crippen molar-refractivity contribution >= 4 is 33.8 Å². The third kappa shape index (κ3) is 5.05. The Hall–Kier alpha value is -3.18. The molecule has 0 bridgehead atoms. The van der Waals surface area contributed by atoms with Gasteiger partial charge in [-0.2, -0.15) is 5.10 Å². The summed E-state index contributed by atoms with van der Waals surface area (Å²) in [6, 6.07) is 12.3. The van der Waals surface area contributed by atoms with Crippen molar-refractivity contribution in [3.63, 3.8) is 0 Å². The molecule has 1 amide bonds. The summed E-state index contributed by atoms with van der Waals surface area (Å²) in [4.78, 5) is 12.4. The number of anilines is 1. The molecule has 3 aromatic rings. The van der Waals surface area contributed by atoms with E-state index in [9.17, 15) is 13.2 Å². The third-order valence-electron chi connectivity index (χ3n) is 4.20. The summed E-state index contributed by atoms with van der Waals surface area (Å²) in [5.74, 6) is 0.768. The van der Waals surface area contributed by atoms with Gasteiger partial charge in [0.1, 0.15) is 5.75 Å². The first-order valence-electron chi connectivity index (χ1n) is 9.04. The van der Waals surface area contributed by atoms with Gasteiger partial charge < -0.3 is 14.6 Å². The second-order valence-electron chi connectivity index (χ2n) is 6.28. The van der Waals surface area contributed by atoms with E-state index in [4.69, 9.17) is 17.0 Å². The van der Waals surface area contributed by atoms with Gasteiger partial charge in [0.15, 0.2) is 10.6 Å². The number of carbonyl (C=O) groups excluding carboxylic acids is 1. The normalized spacial score (nSPS) is 11.1. The molecule has 3 N–H and O–H groups in total. The van der Waals surface area contributed by atoms with Crippen molar-refractivity contribution in [1.29, 1.82) is 0 Å². The average Bonchev–Trinajstić information content (AvgIpc) is 3.05. The Morgan fingerprint density at radius 2 is 1.97 bits per heavy atom. The van der Waals surface area contributed by atoms with Crippen LogP contribution in [0.2, 0.25) is 0 Å². The molecule has 0 aliphatic heterocycles. The summed E-state index contributed by atoms with van der Waals surface area (Å²) in [7, 11) is -2.14. The van der Waals surface area contributed by atoms with Crippen molar-refractivity contribution < 1.29 is 17.9 Å². The van der Waals surface area contributed by atoms with Gasteiger partial charge in [-0.15, -0.1) is 0 Å². The van der Waals surface area contributed by atoms with Gasteiger partial charge in [-0.05, 0) is 61.6 Å². The number of aromatic nitrogens is 3. The monoisotopic (exact) mass is 447 g/mol. The Bertz CT molecular complexity index is 1200. The summed E-state index contributed by atoms with van der Waals surface area (Å²) >= 11 is 5.03. The van der Waals surface area contributed by atoms with Crippen LogP contribution in [-0.4, -0.2) is 35.7 Å². The number of nitrogens with zero attached hydrogens (tertiary/aromatic N) is 2. The average molecular weight is 448 g/mol. The minimum atomic E-state index is -3.87. The molecule has 158 valence electrons. The van der Waals surface area contributed by atoms with Crippen LogP contribution in [0.3, 0.4) is 0 Å². The molecular formula is C19H21N5O4S2. The molecule has 0 radical (unpaired) electrons. The van der Waals surface area contributed by atoms with E-state index in [2.05, 4.69) is 20.2 Å². The Morgan fingerprint density at radius 1 is 1.23 bits per heavy atom. The van der Waals surface area contributed by atoms with Gasteiger partial charge in [0, 0.05) is 18.3 Å². The van der Waals surface area contributed by atoms with Crippen molar-refractivity contribution in [2.75, 3.05) is 11.3 Å². The van der Waals surface area contributed by atoms with E-state index in [1.165, 1.54) is 24.3 Å². The van der Waals surface area contributed by atoms with E-state index >= 15 is 0 Å². The van der Waals surface area contributed by atoms with E-state index < -0.39 is 15.9 Å². The fourth-order valence-electron chi connectivity index (χ4n) is 2.60. The van der Waals surface area contributed by atoms with E-state index in [1.807, 2.05) is 6.92 Å². The first-order chi connectivity index (χ1) is 14.3. The van der Waals surface area contributed by atoms with Crippen LogP contribution in [0.5, 0.6) is 5.75 Å². The SMILES string of the molecule is CCOc1ccc(NS(=O)(=O)c2cccc(C(=O)NCc3n[nH]c(=S)n3C)c2)cc1. The standard InChI is InChI=1S/C19H21N5O4S2/c1-3-28-15-9-7-14(8-10-15)23-30(26,27)16-6-4-5-13(11-16)18(25)20-12-17-21-22-19(29)24(17)2/h4-11,23H,3,12H2,1-2H3,(H,20,25)(H,22,29). The van der Waals surface area contributed by atoms with Crippen LogP contribution >= 0.6 is 12.2 Å². The maximum absolute atomic E-state index is 12.7. The molecule has 9 nitrogen and oxygen atoms in total. The zero-order valence-corrected chi connectivity index (χ0v) is 18.0. The number of benzene rings is 2. The second-order valence-corrected chi connectivity index (χ2v) is 8.35. The highest BCUT2D eigenvalue weighted by molar-refractivity contribution is 7.92. The third-order valence-corrected chi connectivity index (χ3v) is 5.95. The number of hydrogen-bond acceptors (Lipinski definition) is 6. The number of hydrogen-bond donors (Lipinski definition) is 3. The highest BCUT2D eigenvalue weighted by atomic mass is 32.2. The van der Waals surface area contributed by atoms with Gasteiger partial charge in [0.2, 0.25) is 0 Å². The number of sulfonamides is 1. The van der Waals surface area contributed by atoms with Crippen LogP contribution in [0, 0.1) is 4.77 Å². The van der Waals surface area contributed by atoms with E-state index in [0.29, 0.717) is 28.6 Å². The van der Waals surface area contributed by atoms with Crippen LogP contribution in [0.1, 0.15) is 23.1 Å². The summed E-state index contributed by atoms with van der Waals surface area (Å²) in [5.41, 5.74) is 0.598. The second kappa shape index (κ2) is 9.09. The molecule has 0 atom stereocenters. The maximum Gasteiger partial charge on any atom is 0.261 e. The molecule has 0 aliphatic carbocycles. The minimum absolute atomic E-state index is 0.0257. The number of carbonyl (C=O) groups is 1. The number of amides is 1. The largest absolute Gasteiger partial charge is 0.494 e. The first kappa shape index (κ1) is 21.5. The van der Waals surface area contributed by atoms with Crippen LogP contribution in [0.15, 0.2) is 53.4 Å². The van der Waals surface area contributed by atoms with Gasteiger partial charge in [-0.1, -0.05) is 6.07 Å². The summed E-state index contributed by atoms with van der Waals surface area (Å²) in [6.45, 7) is 2.53. The maximum atomic E-state index is 12.7. The molecule has 0 unspecified atom stereocenters. The highest BCUT2D eigenvalue weighted by Crippen LogP contribution is 2.20. The van der Waals surface area contributed by atoms with Crippen molar-refractivity contribution in [3.8, 4) is 5.75 Å². The van der Waals surface area contributed by atoms with Crippen LogP contribution in [0.25, 0.3) is 0 Å². The molecule has 30 heavy (non-hydrogen) atoms. The first-order valence-corrected chi connectivity index (χ1v) is 10.9. The molecule has 0 spiro atoms. The van der Waals surface area contributed by atoms with Crippen molar-refractivity contribution in [2.45, 2.75) is 18.4 Å². The Labute approximate surface area is 179 Å². The van der Waals surface area contributed by atoms with Gasteiger partial charge in [0.05, 0.1) is 18.0 Å². The fraction of sp³-hybridized carbons (Fsp3) is 0.211. The van der Waals surface area contributed by atoms with Gasteiger partial charge in [0.25, 0.3) is 15.9 Å². The lowest BCUT2D eigenvalue weighted by Gasteiger charge is -2.10.